The van der Waals surface area contributed by atoms with E-state index in [4.69, 9.17) is 4.74 Å². The average Bonchev–Trinajstić information content (AvgIpc) is 3.45. The minimum absolute atomic E-state index is 0.0752. The Morgan fingerprint density at radius 3 is 2.49 bits per heavy atom. The second-order valence-electron chi connectivity index (χ2n) is 9.08. The Morgan fingerprint density at radius 2 is 1.74 bits per heavy atom. The number of anilines is 2. The van der Waals surface area contributed by atoms with Crippen molar-refractivity contribution >= 4 is 35.0 Å². The Labute approximate surface area is 230 Å². The number of piperazine rings is 1. The molecule has 0 bridgehead atoms. The third-order valence-corrected chi connectivity index (χ3v) is 7.35. The normalized spacial score (nSPS) is 13.3. The van der Waals surface area contributed by atoms with Crippen LogP contribution < -0.4 is 15.0 Å². The van der Waals surface area contributed by atoms with Crippen molar-refractivity contribution in [3.05, 3.63) is 83.9 Å². The largest absolute Gasteiger partial charge is 0.494 e. The van der Waals surface area contributed by atoms with Gasteiger partial charge in [-0.1, -0.05) is 41.6 Å². The number of aryl methyl sites for hydroxylation is 1. The van der Waals surface area contributed by atoms with Gasteiger partial charge in [0.15, 0.2) is 0 Å². The summed E-state index contributed by atoms with van der Waals surface area (Å²) in [5.41, 5.74) is 4.28. The van der Waals surface area contributed by atoms with Crippen LogP contribution in [0.15, 0.2) is 78.0 Å². The van der Waals surface area contributed by atoms with Crippen LogP contribution in [0.4, 0.5) is 11.4 Å². The van der Waals surface area contributed by atoms with Crippen LogP contribution in [-0.2, 0) is 4.79 Å². The summed E-state index contributed by atoms with van der Waals surface area (Å²) in [5.74, 6) is 0.695. The fourth-order valence-electron chi connectivity index (χ4n) is 4.44. The average molecular weight is 544 g/mol. The van der Waals surface area contributed by atoms with Gasteiger partial charge in [-0.3, -0.25) is 9.59 Å². The third kappa shape index (κ3) is 6.20. The fourth-order valence-corrected chi connectivity index (χ4v) is 5.12. The standard InChI is InChI=1S/C28H29N7O3S/c1-20-6-5-7-21(18-20)27(37)34-16-14-33(15-17-34)23-12-10-22(11-13-23)29-26(36)19-39-28-30-31-32-35(28)24-8-3-4-9-25(24)38-2/h3-13,18H,14-17,19H2,1-2H3,(H,29,36). The molecule has 1 fully saturated rings. The van der Waals surface area contributed by atoms with E-state index in [0.29, 0.717) is 35.4 Å². The van der Waals surface area contributed by atoms with Crippen molar-refractivity contribution in [3.8, 4) is 11.4 Å². The first-order valence-electron chi connectivity index (χ1n) is 12.6. The Balaban J connectivity index is 1.12. The maximum atomic E-state index is 12.8. The molecule has 1 aliphatic rings. The van der Waals surface area contributed by atoms with E-state index in [9.17, 15) is 9.59 Å². The molecule has 1 N–H and O–H groups in total. The SMILES string of the molecule is COc1ccccc1-n1nnnc1SCC(=O)Nc1ccc(N2CCN(C(=O)c3cccc(C)c3)CC2)cc1. The van der Waals surface area contributed by atoms with Gasteiger partial charge in [0, 0.05) is 43.1 Å². The Morgan fingerprint density at radius 1 is 0.974 bits per heavy atom. The number of amides is 2. The molecule has 2 amide bonds. The molecule has 1 aliphatic heterocycles. The van der Waals surface area contributed by atoms with Gasteiger partial charge in [0.2, 0.25) is 11.1 Å². The summed E-state index contributed by atoms with van der Waals surface area (Å²) >= 11 is 1.24. The smallest absolute Gasteiger partial charge is 0.253 e. The van der Waals surface area contributed by atoms with Crippen LogP contribution in [0.2, 0.25) is 0 Å². The molecule has 39 heavy (non-hydrogen) atoms. The molecule has 3 aromatic carbocycles. The van der Waals surface area contributed by atoms with E-state index >= 15 is 0 Å². The van der Waals surface area contributed by atoms with Gasteiger partial charge in [-0.05, 0) is 65.9 Å². The zero-order valence-corrected chi connectivity index (χ0v) is 22.6. The summed E-state index contributed by atoms with van der Waals surface area (Å²) in [6.45, 7) is 4.82. The zero-order chi connectivity index (χ0) is 27.2. The van der Waals surface area contributed by atoms with Gasteiger partial charge >= 0.3 is 0 Å². The van der Waals surface area contributed by atoms with Crippen molar-refractivity contribution in [3.63, 3.8) is 0 Å². The summed E-state index contributed by atoms with van der Waals surface area (Å²) in [4.78, 5) is 29.6. The number of aromatic nitrogens is 4. The number of methoxy groups -OCH3 is 1. The Hall–Kier alpha value is -4.38. The van der Waals surface area contributed by atoms with Crippen molar-refractivity contribution in [2.45, 2.75) is 12.1 Å². The highest BCUT2D eigenvalue weighted by Gasteiger charge is 2.22. The summed E-state index contributed by atoms with van der Waals surface area (Å²) < 4.78 is 6.95. The molecule has 1 saturated heterocycles. The summed E-state index contributed by atoms with van der Waals surface area (Å²) in [7, 11) is 1.59. The lowest BCUT2D eigenvalue weighted by atomic mass is 10.1. The van der Waals surface area contributed by atoms with Crippen molar-refractivity contribution < 1.29 is 14.3 Å². The molecule has 1 aromatic heterocycles. The number of hydrogen-bond acceptors (Lipinski definition) is 8. The molecule has 200 valence electrons. The van der Waals surface area contributed by atoms with E-state index in [-0.39, 0.29) is 17.6 Å². The fraction of sp³-hybridized carbons (Fsp3) is 0.250. The topological polar surface area (TPSA) is 105 Å². The van der Waals surface area contributed by atoms with Gasteiger partial charge in [-0.15, -0.1) is 5.10 Å². The van der Waals surface area contributed by atoms with Crippen LogP contribution in [0.1, 0.15) is 15.9 Å². The van der Waals surface area contributed by atoms with Crippen molar-refractivity contribution in [2.24, 2.45) is 0 Å². The van der Waals surface area contributed by atoms with Gasteiger partial charge in [0.1, 0.15) is 11.4 Å². The predicted octanol–water partition coefficient (Wildman–Crippen LogP) is 3.67. The monoisotopic (exact) mass is 543 g/mol. The summed E-state index contributed by atoms with van der Waals surface area (Å²) in [6, 6.07) is 22.9. The first kappa shape index (κ1) is 26.2. The lowest BCUT2D eigenvalue weighted by Crippen LogP contribution is -2.48. The molecule has 0 radical (unpaired) electrons. The summed E-state index contributed by atoms with van der Waals surface area (Å²) in [6.07, 6.45) is 0. The molecular formula is C28H29N7O3S. The molecule has 10 nitrogen and oxygen atoms in total. The molecule has 0 atom stereocenters. The van der Waals surface area contributed by atoms with Crippen LogP contribution in [0.25, 0.3) is 5.69 Å². The van der Waals surface area contributed by atoms with E-state index in [1.54, 1.807) is 11.8 Å². The maximum Gasteiger partial charge on any atom is 0.253 e. The number of rotatable bonds is 8. The molecule has 5 rings (SSSR count). The molecule has 0 aliphatic carbocycles. The number of ether oxygens (including phenoxy) is 1. The van der Waals surface area contributed by atoms with Gasteiger partial charge in [-0.25, -0.2) is 0 Å². The first-order chi connectivity index (χ1) is 19.0. The minimum atomic E-state index is -0.161. The van der Waals surface area contributed by atoms with Crippen molar-refractivity contribution in [2.75, 3.05) is 49.3 Å². The molecular weight excluding hydrogens is 514 g/mol. The molecule has 2 heterocycles. The first-order valence-corrected chi connectivity index (χ1v) is 13.6. The highest BCUT2D eigenvalue weighted by Crippen LogP contribution is 2.26. The Kier molecular flexibility index (Phi) is 8.07. The maximum absolute atomic E-state index is 12.8. The number of carbonyl (C=O) groups is 2. The van der Waals surface area contributed by atoms with Crippen LogP contribution in [0, 0.1) is 6.92 Å². The number of tetrazole rings is 1. The second-order valence-corrected chi connectivity index (χ2v) is 10.0. The van der Waals surface area contributed by atoms with E-state index in [1.807, 2.05) is 84.6 Å². The van der Waals surface area contributed by atoms with Crippen LogP contribution in [0.5, 0.6) is 5.75 Å². The molecule has 0 saturated carbocycles. The lowest BCUT2D eigenvalue weighted by molar-refractivity contribution is -0.113. The molecule has 11 heteroatoms. The van der Waals surface area contributed by atoms with Gasteiger partial charge < -0.3 is 19.9 Å². The van der Waals surface area contributed by atoms with Crippen molar-refractivity contribution in [1.82, 2.24) is 25.1 Å². The number of hydrogen-bond donors (Lipinski definition) is 1. The quantitative estimate of drug-likeness (QED) is 0.336. The van der Waals surface area contributed by atoms with Gasteiger partial charge in [-0.2, -0.15) is 4.68 Å². The number of thioether (sulfide) groups is 1. The number of nitrogens with zero attached hydrogens (tertiary/aromatic N) is 6. The van der Waals surface area contributed by atoms with E-state index in [1.165, 1.54) is 11.8 Å². The van der Waals surface area contributed by atoms with E-state index in [2.05, 4.69) is 25.7 Å². The number of carbonyl (C=O) groups excluding carboxylic acids is 2. The molecule has 0 spiro atoms. The van der Waals surface area contributed by atoms with Crippen LogP contribution in [0.3, 0.4) is 0 Å². The van der Waals surface area contributed by atoms with Crippen molar-refractivity contribution in [1.29, 1.82) is 0 Å². The lowest BCUT2D eigenvalue weighted by Gasteiger charge is -2.36. The molecule has 0 unspecified atom stereocenters. The zero-order valence-electron chi connectivity index (χ0n) is 21.8. The minimum Gasteiger partial charge on any atom is -0.494 e. The van der Waals surface area contributed by atoms with Gasteiger partial charge in [0.05, 0.1) is 12.9 Å². The number of nitrogens with one attached hydrogen (secondary N) is 1. The highest BCUT2D eigenvalue weighted by molar-refractivity contribution is 7.99. The third-order valence-electron chi connectivity index (χ3n) is 6.43. The van der Waals surface area contributed by atoms with Crippen LogP contribution in [-0.4, -0.2) is 76.0 Å². The number of benzene rings is 3. The predicted molar refractivity (Wildman–Crippen MR) is 151 cm³/mol. The van der Waals surface area contributed by atoms with E-state index in [0.717, 1.165) is 29.9 Å². The number of para-hydroxylation sites is 2. The second kappa shape index (κ2) is 12.0. The van der Waals surface area contributed by atoms with E-state index < -0.39 is 0 Å². The molecule has 4 aromatic rings. The van der Waals surface area contributed by atoms with Crippen LogP contribution >= 0.6 is 11.8 Å². The van der Waals surface area contributed by atoms with Gasteiger partial charge in [0.25, 0.3) is 5.91 Å². The summed E-state index contributed by atoms with van der Waals surface area (Å²) in [5, 5.41) is 15.3. The Bertz CT molecular complexity index is 1450. The highest BCUT2D eigenvalue weighted by atomic mass is 32.2.